The van der Waals surface area contributed by atoms with E-state index in [1.54, 1.807) is 6.92 Å². The van der Waals surface area contributed by atoms with Crippen LogP contribution in [0.15, 0.2) is 34.0 Å². The minimum atomic E-state index is -3.63. The Hall–Kier alpha value is -1.80. The van der Waals surface area contributed by atoms with Crippen LogP contribution in [0.3, 0.4) is 0 Å². The smallest absolute Gasteiger partial charge is 0.243 e. The summed E-state index contributed by atoms with van der Waals surface area (Å²) in [6.45, 7) is 2.28. The molecule has 2 aromatic rings. The van der Waals surface area contributed by atoms with Crippen LogP contribution in [-0.4, -0.2) is 36.0 Å². The molecule has 1 fully saturated rings. The van der Waals surface area contributed by atoms with Gasteiger partial charge in [-0.05, 0) is 37.1 Å². The molecule has 3 rings (SSSR count). The van der Waals surface area contributed by atoms with Crippen LogP contribution in [0.2, 0.25) is 0 Å². The van der Waals surface area contributed by atoms with Gasteiger partial charge in [0.2, 0.25) is 16.4 Å². The number of hydrogen-bond acceptors (Lipinski definition) is 5. The number of halogens is 1. The van der Waals surface area contributed by atoms with Crippen LogP contribution in [-0.2, 0) is 10.0 Å². The lowest BCUT2D eigenvalue weighted by Crippen LogP contribution is -2.29. The lowest BCUT2D eigenvalue weighted by Gasteiger charge is -2.17. The van der Waals surface area contributed by atoms with Crippen molar-refractivity contribution in [2.75, 3.05) is 13.1 Å². The molecule has 2 heterocycles. The summed E-state index contributed by atoms with van der Waals surface area (Å²) in [6, 6.07) is 3.69. The first kappa shape index (κ1) is 14.2. The molecule has 0 bridgehead atoms. The molecule has 1 aliphatic rings. The van der Waals surface area contributed by atoms with Gasteiger partial charge in [-0.15, -0.1) is 0 Å². The average molecular weight is 311 g/mol. The van der Waals surface area contributed by atoms with Gasteiger partial charge in [-0.1, -0.05) is 5.16 Å². The molecule has 0 amide bonds. The molecule has 0 saturated carbocycles. The summed E-state index contributed by atoms with van der Waals surface area (Å²) in [5.74, 6) is 0.000327. The van der Waals surface area contributed by atoms with Gasteiger partial charge in [0.1, 0.15) is 5.82 Å². The second-order valence-corrected chi connectivity index (χ2v) is 6.95. The van der Waals surface area contributed by atoms with Crippen molar-refractivity contribution in [1.29, 1.82) is 0 Å². The highest BCUT2D eigenvalue weighted by Gasteiger charge is 2.35. The number of nitrogens with zero attached hydrogens (tertiary/aromatic N) is 3. The largest absolute Gasteiger partial charge is 0.343 e. The third kappa shape index (κ3) is 2.56. The summed E-state index contributed by atoms with van der Waals surface area (Å²) in [7, 11) is -3.63. The SMILES string of the molecule is Cc1cc(F)ccc1S(=O)(=O)N1CC[C@@H](c2ncon2)C1. The maximum absolute atomic E-state index is 13.1. The lowest BCUT2D eigenvalue weighted by atomic mass is 10.1. The van der Waals surface area contributed by atoms with Crippen molar-refractivity contribution in [3.63, 3.8) is 0 Å². The second-order valence-electron chi connectivity index (χ2n) is 5.05. The van der Waals surface area contributed by atoms with E-state index in [0.29, 0.717) is 30.9 Å². The van der Waals surface area contributed by atoms with E-state index in [2.05, 4.69) is 10.1 Å². The van der Waals surface area contributed by atoms with E-state index in [1.165, 1.54) is 22.8 Å². The molecule has 1 saturated heterocycles. The molecule has 0 spiro atoms. The maximum Gasteiger partial charge on any atom is 0.243 e. The topological polar surface area (TPSA) is 76.3 Å². The molecule has 0 aliphatic carbocycles. The normalized spacial score (nSPS) is 20.0. The molecule has 21 heavy (non-hydrogen) atoms. The van der Waals surface area contributed by atoms with E-state index in [0.717, 1.165) is 6.07 Å². The zero-order chi connectivity index (χ0) is 15.0. The van der Waals surface area contributed by atoms with E-state index in [9.17, 15) is 12.8 Å². The highest BCUT2D eigenvalue weighted by Crippen LogP contribution is 2.30. The van der Waals surface area contributed by atoms with E-state index >= 15 is 0 Å². The standard InChI is InChI=1S/C13H14FN3O3S/c1-9-6-11(14)2-3-12(9)21(18,19)17-5-4-10(7-17)13-15-8-20-16-13/h2-3,6,8,10H,4-5,7H2,1H3/t10-/m1/s1. The number of benzene rings is 1. The van der Waals surface area contributed by atoms with Crippen LogP contribution < -0.4 is 0 Å². The van der Waals surface area contributed by atoms with Crippen LogP contribution in [0.25, 0.3) is 0 Å². The van der Waals surface area contributed by atoms with Gasteiger partial charge in [-0.3, -0.25) is 0 Å². The predicted molar refractivity (Wildman–Crippen MR) is 71.6 cm³/mol. The van der Waals surface area contributed by atoms with Crippen LogP contribution in [0.4, 0.5) is 4.39 Å². The lowest BCUT2D eigenvalue weighted by molar-refractivity contribution is 0.403. The quantitative estimate of drug-likeness (QED) is 0.862. The number of aromatic nitrogens is 2. The van der Waals surface area contributed by atoms with Crippen LogP contribution in [0.1, 0.15) is 23.7 Å². The molecule has 1 aliphatic heterocycles. The van der Waals surface area contributed by atoms with Crippen molar-refractivity contribution in [2.45, 2.75) is 24.2 Å². The Kier molecular flexibility index (Phi) is 3.50. The average Bonchev–Trinajstić information content (AvgIpc) is 3.09. The van der Waals surface area contributed by atoms with Crippen molar-refractivity contribution in [3.05, 3.63) is 41.8 Å². The van der Waals surface area contributed by atoms with Crippen LogP contribution in [0, 0.1) is 12.7 Å². The fourth-order valence-corrected chi connectivity index (χ4v) is 4.26. The molecule has 6 nitrogen and oxygen atoms in total. The zero-order valence-electron chi connectivity index (χ0n) is 11.4. The van der Waals surface area contributed by atoms with Crippen molar-refractivity contribution >= 4 is 10.0 Å². The van der Waals surface area contributed by atoms with Gasteiger partial charge >= 0.3 is 0 Å². The first-order valence-corrected chi connectivity index (χ1v) is 7.95. The third-order valence-electron chi connectivity index (χ3n) is 3.65. The zero-order valence-corrected chi connectivity index (χ0v) is 12.2. The summed E-state index contributed by atoms with van der Waals surface area (Å²) in [5, 5.41) is 3.76. The first-order valence-electron chi connectivity index (χ1n) is 6.51. The summed E-state index contributed by atoms with van der Waals surface area (Å²) in [5.41, 5.74) is 0.401. The minimum absolute atomic E-state index is 0.0701. The van der Waals surface area contributed by atoms with E-state index in [-0.39, 0.29) is 10.8 Å². The molecular formula is C13H14FN3O3S. The highest BCUT2D eigenvalue weighted by molar-refractivity contribution is 7.89. The Morgan fingerprint density at radius 3 is 2.90 bits per heavy atom. The molecular weight excluding hydrogens is 297 g/mol. The molecule has 1 atom stereocenters. The van der Waals surface area contributed by atoms with Crippen molar-refractivity contribution in [1.82, 2.24) is 14.4 Å². The third-order valence-corrected chi connectivity index (χ3v) is 5.67. The van der Waals surface area contributed by atoms with Gasteiger partial charge in [0.25, 0.3) is 0 Å². The van der Waals surface area contributed by atoms with Gasteiger partial charge in [0, 0.05) is 19.0 Å². The Labute approximate surface area is 121 Å². The van der Waals surface area contributed by atoms with Gasteiger partial charge < -0.3 is 4.52 Å². The van der Waals surface area contributed by atoms with Crippen molar-refractivity contribution in [2.24, 2.45) is 0 Å². The number of sulfonamides is 1. The van der Waals surface area contributed by atoms with Crippen molar-refractivity contribution in [3.8, 4) is 0 Å². The molecule has 0 N–H and O–H groups in total. The fourth-order valence-electron chi connectivity index (χ4n) is 2.56. The second kappa shape index (κ2) is 5.19. The Morgan fingerprint density at radius 2 is 2.24 bits per heavy atom. The summed E-state index contributed by atoms with van der Waals surface area (Å²) in [6.07, 6.45) is 1.87. The molecule has 0 radical (unpaired) electrons. The fraction of sp³-hybridized carbons (Fsp3) is 0.385. The summed E-state index contributed by atoms with van der Waals surface area (Å²) >= 11 is 0. The predicted octanol–water partition coefficient (Wildman–Crippen LogP) is 1.70. The number of hydrogen-bond donors (Lipinski definition) is 0. The van der Waals surface area contributed by atoms with Gasteiger partial charge in [0.15, 0.2) is 5.82 Å². The summed E-state index contributed by atoms with van der Waals surface area (Å²) < 4.78 is 44.4. The van der Waals surface area contributed by atoms with Gasteiger partial charge in [-0.2, -0.15) is 9.29 Å². The molecule has 0 unspecified atom stereocenters. The van der Waals surface area contributed by atoms with Gasteiger partial charge in [0.05, 0.1) is 4.90 Å². The molecule has 1 aromatic carbocycles. The van der Waals surface area contributed by atoms with Gasteiger partial charge in [-0.25, -0.2) is 12.8 Å². The van der Waals surface area contributed by atoms with E-state index in [1.807, 2.05) is 0 Å². The van der Waals surface area contributed by atoms with Crippen molar-refractivity contribution < 1.29 is 17.3 Å². The molecule has 112 valence electrons. The van der Waals surface area contributed by atoms with Crippen LogP contribution >= 0.6 is 0 Å². The first-order chi connectivity index (χ1) is 9.98. The maximum atomic E-state index is 13.1. The monoisotopic (exact) mass is 311 g/mol. The Morgan fingerprint density at radius 1 is 1.43 bits per heavy atom. The Bertz CT molecular complexity index is 746. The number of rotatable bonds is 3. The molecule has 1 aromatic heterocycles. The van der Waals surface area contributed by atoms with Crippen LogP contribution in [0.5, 0.6) is 0 Å². The van der Waals surface area contributed by atoms with E-state index in [4.69, 9.17) is 4.52 Å². The Balaban J connectivity index is 1.86. The minimum Gasteiger partial charge on any atom is -0.343 e. The number of aryl methyl sites for hydroxylation is 1. The summed E-state index contributed by atoms with van der Waals surface area (Å²) in [4.78, 5) is 4.10. The van der Waals surface area contributed by atoms with E-state index < -0.39 is 15.8 Å². The molecule has 8 heteroatoms. The highest BCUT2D eigenvalue weighted by atomic mass is 32.2.